The van der Waals surface area contributed by atoms with Crippen LogP contribution >= 0.6 is 0 Å². The van der Waals surface area contributed by atoms with Gasteiger partial charge in [0, 0.05) is 12.1 Å². The molecule has 1 fully saturated rings. The third kappa shape index (κ3) is 3.64. The molecule has 0 bridgehead atoms. The average Bonchev–Trinajstić information content (AvgIpc) is 2.92. The molecule has 1 amide bonds. The minimum atomic E-state index is -0.967. The fraction of sp³-hybridized carbons (Fsp3) is 0.417. The Morgan fingerprint density at radius 1 is 1.57 bits per heavy atom. The number of nitrogens with zero attached hydrogens (tertiary/aromatic N) is 1. The third-order valence-electron chi connectivity index (χ3n) is 3.09. The second-order valence-electron chi connectivity index (χ2n) is 4.51. The van der Waals surface area contributed by atoms with E-state index in [1.807, 2.05) is 5.43 Å². The van der Waals surface area contributed by atoms with Crippen LogP contribution in [0.25, 0.3) is 0 Å². The fourth-order valence-electron chi connectivity index (χ4n) is 2.03. The average molecular weight is 299 g/mol. The van der Waals surface area contributed by atoms with Gasteiger partial charge in [-0.05, 0) is 18.9 Å². The van der Waals surface area contributed by atoms with E-state index in [4.69, 9.17) is 15.3 Å². The summed E-state index contributed by atoms with van der Waals surface area (Å²) < 4.78 is 24.1. The smallest absolute Gasteiger partial charge is 0.305 e. The number of benzene rings is 1. The van der Waals surface area contributed by atoms with Crippen LogP contribution in [0.2, 0.25) is 0 Å². The Labute approximate surface area is 119 Å². The number of hydrogen-bond donors (Lipinski definition) is 2. The van der Waals surface area contributed by atoms with E-state index in [2.05, 4.69) is 0 Å². The molecular weight excluding hydrogens is 285 g/mol. The van der Waals surface area contributed by atoms with Crippen LogP contribution in [0.15, 0.2) is 18.2 Å². The van der Waals surface area contributed by atoms with Gasteiger partial charge in [0.15, 0.2) is 0 Å². The Morgan fingerprint density at radius 3 is 2.95 bits per heavy atom. The van der Waals surface area contributed by atoms with Crippen LogP contribution in [0, 0.1) is 15.9 Å². The number of ether oxygens (including phenoxy) is 2. The summed E-state index contributed by atoms with van der Waals surface area (Å²) in [6.45, 7) is 0.117. The van der Waals surface area contributed by atoms with Crippen molar-refractivity contribution in [3.63, 3.8) is 0 Å². The summed E-state index contributed by atoms with van der Waals surface area (Å²) in [5.41, 5.74) is 1.40. The summed E-state index contributed by atoms with van der Waals surface area (Å²) in [7, 11) is 0. The first-order valence-corrected chi connectivity index (χ1v) is 6.24. The molecule has 2 unspecified atom stereocenters. The maximum absolute atomic E-state index is 13.4. The van der Waals surface area contributed by atoms with Crippen LogP contribution in [0.4, 0.5) is 10.1 Å². The van der Waals surface area contributed by atoms with Crippen molar-refractivity contribution in [3.8, 4) is 5.75 Å². The zero-order valence-electron chi connectivity index (χ0n) is 11.0. The van der Waals surface area contributed by atoms with Gasteiger partial charge in [0.2, 0.25) is 5.82 Å². The van der Waals surface area contributed by atoms with Gasteiger partial charge in [-0.15, -0.1) is 0 Å². The molecule has 0 saturated carbocycles. The molecule has 1 aliphatic heterocycles. The summed E-state index contributed by atoms with van der Waals surface area (Å²) in [6, 6.07) is 3.28. The van der Waals surface area contributed by atoms with Crippen molar-refractivity contribution in [2.45, 2.75) is 25.0 Å². The van der Waals surface area contributed by atoms with Gasteiger partial charge >= 0.3 is 5.69 Å². The molecule has 3 N–H and O–H groups in total. The van der Waals surface area contributed by atoms with Crippen LogP contribution in [0.3, 0.4) is 0 Å². The summed E-state index contributed by atoms with van der Waals surface area (Å²) in [5, 5.41) is 10.5. The fourth-order valence-corrected chi connectivity index (χ4v) is 2.03. The predicted molar refractivity (Wildman–Crippen MR) is 68.8 cm³/mol. The molecule has 9 heteroatoms. The van der Waals surface area contributed by atoms with Gasteiger partial charge in [0.25, 0.3) is 5.91 Å². The summed E-state index contributed by atoms with van der Waals surface area (Å²) in [4.78, 5) is 20.9. The van der Waals surface area contributed by atoms with Crippen molar-refractivity contribution in [3.05, 3.63) is 34.1 Å². The Hall–Kier alpha value is -2.26. The molecule has 1 heterocycles. The highest BCUT2D eigenvalue weighted by Gasteiger charge is 2.30. The van der Waals surface area contributed by atoms with E-state index in [0.29, 0.717) is 12.8 Å². The van der Waals surface area contributed by atoms with Crippen molar-refractivity contribution in [2.24, 2.45) is 5.84 Å². The third-order valence-corrected chi connectivity index (χ3v) is 3.09. The molecule has 1 aromatic carbocycles. The summed E-state index contributed by atoms with van der Waals surface area (Å²) in [6.07, 6.45) is 0.196. The molecule has 1 saturated heterocycles. The molecule has 21 heavy (non-hydrogen) atoms. The lowest BCUT2D eigenvalue weighted by atomic mass is 10.2. The first-order chi connectivity index (χ1) is 10.0. The first kappa shape index (κ1) is 15.1. The largest absolute Gasteiger partial charge is 0.491 e. The number of hydrazine groups is 1. The lowest BCUT2D eigenvalue weighted by Crippen LogP contribution is -2.39. The van der Waals surface area contributed by atoms with Crippen molar-refractivity contribution >= 4 is 11.6 Å². The zero-order valence-corrected chi connectivity index (χ0v) is 11.0. The number of nitrogens with one attached hydrogen (secondary N) is 1. The molecule has 8 nitrogen and oxygen atoms in total. The highest BCUT2D eigenvalue weighted by Crippen LogP contribution is 2.24. The van der Waals surface area contributed by atoms with Crippen molar-refractivity contribution in [1.82, 2.24) is 5.43 Å². The molecule has 2 rings (SSSR count). The molecule has 1 aromatic rings. The number of nitro benzene ring substituents is 1. The number of carbonyl (C=O) groups is 1. The molecule has 0 aromatic heterocycles. The lowest BCUT2D eigenvalue weighted by Gasteiger charge is -2.13. The van der Waals surface area contributed by atoms with Gasteiger partial charge in [-0.25, -0.2) is 5.84 Å². The number of amides is 1. The maximum atomic E-state index is 13.4. The predicted octanol–water partition coefficient (Wildman–Crippen LogP) is 0.650. The highest BCUT2D eigenvalue weighted by atomic mass is 19.1. The van der Waals surface area contributed by atoms with Crippen molar-refractivity contribution in [2.75, 3.05) is 6.61 Å². The topological polar surface area (TPSA) is 117 Å². The molecule has 114 valence electrons. The Morgan fingerprint density at radius 2 is 2.33 bits per heavy atom. The minimum absolute atomic E-state index is 0.117. The number of hydrogen-bond acceptors (Lipinski definition) is 6. The minimum Gasteiger partial charge on any atom is -0.491 e. The van der Waals surface area contributed by atoms with E-state index in [9.17, 15) is 19.3 Å². The number of nitro groups is 1. The van der Waals surface area contributed by atoms with Gasteiger partial charge in [0.1, 0.15) is 18.5 Å². The second-order valence-corrected chi connectivity index (χ2v) is 4.51. The van der Waals surface area contributed by atoms with E-state index < -0.39 is 28.4 Å². The van der Waals surface area contributed by atoms with Crippen LogP contribution < -0.4 is 16.0 Å². The summed E-state index contributed by atoms with van der Waals surface area (Å²) >= 11 is 0. The molecule has 2 atom stereocenters. The highest BCUT2D eigenvalue weighted by molar-refractivity contribution is 5.80. The monoisotopic (exact) mass is 299 g/mol. The zero-order chi connectivity index (χ0) is 15.4. The van der Waals surface area contributed by atoms with Crippen LogP contribution in [0.1, 0.15) is 12.8 Å². The van der Waals surface area contributed by atoms with Crippen LogP contribution in [-0.2, 0) is 9.53 Å². The lowest BCUT2D eigenvalue weighted by molar-refractivity contribution is -0.387. The normalized spacial score (nSPS) is 21.0. The summed E-state index contributed by atoms with van der Waals surface area (Å²) in [5.74, 6) is 3.80. The second kappa shape index (κ2) is 6.46. The maximum Gasteiger partial charge on any atom is 0.305 e. The Balaban J connectivity index is 1.88. The van der Waals surface area contributed by atoms with Crippen LogP contribution in [0.5, 0.6) is 5.75 Å². The van der Waals surface area contributed by atoms with Gasteiger partial charge in [0.05, 0.1) is 11.0 Å². The quantitative estimate of drug-likeness (QED) is 0.357. The van der Waals surface area contributed by atoms with Gasteiger partial charge in [-0.2, -0.15) is 4.39 Å². The van der Waals surface area contributed by atoms with E-state index >= 15 is 0 Å². The van der Waals surface area contributed by atoms with Crippen molar-refractivity contribution < 1.29 is 23.6 Å². The standard InChI is InChI=1S/C12H14FN3O5/c13-9-5-7(1-3-10(9)16(18)19)20-6-8-2-4-11(21-8)12(17)15-14/h1,3,5,8,11H,2,4,6,14H2,(H,15,17). The Kier molecular flexibility index (Phi) is 4.66. The molecule has 1 aliphatic rings. The SMILES string of the molecule is NNC(=O)C1CCC(COc2ccc([N+](=O)[O-])c(F)c2)O1. The van der Waals surface area contributed by atoms with E-state index in [0.717, 1.165) is 12.1 Å². The van der Waals surface area contributed by atoms with E-state index in [-0.39, 0.29) is 18.5 Å². The van der Waals surface area contributed by atoms with E-state index in [1.165, 1.54) is 6.07 Å². The molecule has 0 spiro atoms. The number of rotatable bonds is 5. The first-order valence-electron chi connectivity index (χ1n) is 6.24. The van der Waals surface area contributed by atoms with Gasteiger partial charge < -0.3 is 9.47 Å². The van der Waals surface area contributed by atoms with Crippen LogP contribution in [-0.4, -0.2) is 29.6 Å². The molecular formula is C12H14FN3O5. The number of carbonyl (C=O) groups excluding carboxylic acids is 1. The van der Waals surface area contributed by atoms with Gasteiger partial charge in [-0.3, -0.25) is 20.3 Å². The number of nitrogens with two attached hydrogens (primary N) is 1. The molecule has 0 radical (unpaired) electrons. The molecule has 0 aliphatic carbocycles. The van der Waals surface area contributed by atoms with E-state index in [1.54, 1.807) is 0 Å². The number of halogens is 1. The van der Waals surface area contributed by atoms with Gasteiger partial charge in [-0.1, -0.05) is 0 Å². The Bertz CT molecular complexity index is 554. The van der Waals surface area contributed by atoms with Crippen molar-refractivity contribution in [1.29, 1.82) is 0 Å².